The smallest absolute Gasteiger partial charge is 0.200 e. The van der Waals surface area contributed by atoms with Crippen molar-refractivity contribution in [1.82, 2.24) is 0 Å². The lowest BCUT2D eigenvalue weighted by Crippen LogP contribution is -2.13. The van der Waals surface area contributed by atoms with Gasteiger partial charge in [0.2, 0.25) is 0 Å². The van der Waals surface area contributed by atoms with Crippen LogP contribution >= 0.6 is 11.6 Å². The summed E-state index contributed by atoms with van der Waals surface area (Å²) in [5, 5.41) is 0.739. The number of ketones is 1. The summed E-state index contributed by atoms with van der Waals surface area (Å²) < 4.78 is 5.59. The molecule has 0 aliphatic carbocycles. The molecule has 2 rings (SSSR count). The molecule has 0 N–H and O–H groups in total. The Morgan fingerprint density at radius 3 is 2.25 bits per heavy atom. The highest BCUT2D eigenvalue weighted by molar-refractivity contribution is 6.32. The standard InChI is InChI=1S/C17H17ClO2/c1-11-6-4-5-7-15(11)16(19)10-20-14-8-12(2)17(18)13(3)9-14/h4-9H,10H2,1-3H3. The second-order valence-corrected chi connectivity index (χ2v) is 5.28. The van der Waals surface area contributed by atoms with Crippen molar-refractivity contribution < 1.29 is 9.53 Å². The minimum atomic E-state index is -0.0200. The number of ether oxygens (including phenoxy) is 1. The van der Waals surface area contributed by atoms with Crippen LogP contribution in [0.4, 0.5) is 0 Å². The van der Waals surface area contributed by atoms with Crippen molar-refractivity contribution in [2.24, 2.45) is 0 Å². The molecule has 3 heteroatoms. The van der Waals surface area contributed by atoms with Crippen molar-refractivity contribution in [2.45, 2.75) is 20.8 Å². The molecule has 2 nitrogen and oxygen atoms in total. The Labute approximate surface area is 124 Å². The number of halogens is 1. The van der Waals surface area contributed by atoms with Gasteiger partial charge in [0.05, 0.1) is 0 Å². The number of Topliss-reactive ketones (excluding diaryl/α,β-unsaturated/α-hetero) is 1. The van der Waals surface area contributed by atoms with Gasteiger partial charge in [-0.15, -0.1) is 0 Å². The summed E-state index contributed by atoms with van der Waals surface area (Å²) in [5.41, 5.74) is 3.56. The SMILES string of the molecule is Cc1ccccc1C(=O)COc1cc(C)c(Cl)c(C)c1. The van der Waals surface area contributed by atoms with E-state index in [2.05, 4.69) is 0 Å². The van der Waals surface area contributed by atoms with Crippen molar-refractivity contribution in [3.63, 3.8) is 0 Å². The Morgan fingerprint density at radius 1 is 1.05 bits per heavy atom. The number of hydrogen-bond donors (Lipinski definition) is 0. The first-order valence-corrected chi connectivity index (χ1v) is 6.85. The first-order valence-electron chi connectivity index (χ1n) is 6.47. The predicted molar refractivity (Wildman–Crippen MR) is 81.9 cm³/mol. The maximum Gasteiger partial charge on any atom is 0.200 e. The monoisotopic (exact) mass is 288 g/mol. The summed E-state index contributed by atoms with van der Waals surface area (Å²) in [5.74, 6) is 0.652. The third-order valence-electron chi connectivity index (χ3n) is 3.23. The molecule has 20 heavy (non-hydrogen) atoms. The molecule has 0 saturated carbocycles. The van der Waals surface area contributed by atoms with E-state index < -0.39 is 0 Å². The average molecular weight is 289 g/mol. The molecular formula is C17H17ClO2. The van der Waals surface area contributed by atoms with E-state index >= 15 is 0 Å². The molecule has 104 valence electrons. The van der Waals surface area contributed by atoms with Crippen LogP contribution in [0.25, 0.3) is 0 Å². The van der Waals surface area contributed by atoms with Gasteiger partial charge in [-0.05, 0) is 49.6 Å². The van der Waals surface area contributed by atoms with Crippen LogP contribution in [-0.4, -0.2) is 12.4 Å². The van der Waals surface area contributed by atoms with Crippen molar-refractivity contribution in [3.8, 4) is 5.75 Å². The molecule has 0 spiro atoms. The van der Waals surface area contributed by atoms with Crippen LogP contribution < -0.4 is 4.74 Å². The third-order valence-corrected chi connectivity index (χ3v) is 3.82. The van der Waals surface area contributed by atoms with Gasteiger partial charge < -0.3 is 4.74 Å². The largest absolute Gasteiger partial charge is 0.485 e. The topological polar surface area (TPSA) is 26.3 Å². The zero-order valence-corrected chi connectivity index (χ0v) is 12.6. The first kappa shape index (κ1) is 14.6. The van der Waals surface area contributed by atoms with Crippen LogP contribution in [-0.2, 0) is 0 Å². The number of carbonyl (C=O) groups is 1. The molecule has 0 amide bonds. The number of benzene rings is 2. The van der Waals surface area contributed by atoms with Crippen molar-refractivity contribution >= 4 is 17.4 Å². The summed E-state index contributed by atoms with van der Waals surface area (Å²) in [4.78, 5) is 12.1. The molecule has 0 heterocycles. The molecule has 0 atom stereocenters. The molecule has 0 saturated heterocycles. The summed E-state index contributed by atoms with van der Waals surface area (Å²) in [7, 11) is 0. The molecule has 2 aromatic rings. The van der Waals surface area contributed by atoms with Crippen molar-refractivity contribution in [3.05, 3.63) is 63.7 Å². The van der Waals surface area contributed by atoms with E-state index in [-0.39, 0.29) is 12.4 Å². The van der Waals surface area contributed by atoms with Crippen LogP contribution in [0.5, 0.6) is 5.75 Å². The molecule has 0 fully saturated rings. The van der Waals surface area contributed by atoms with Crippen LogP contribution in [0.15, 0.2) is 36.4 Å². The number of aryl methyl sites for hydroxylation is 3. The van der Waals surface area contributed by atoms with E-state index in [1.165, 1.54) is 0 Å². The van der Waals surface area contributed by atoms with E-state index in [4.69, 9.17) is 16.3 Å². The lowest BCUT2D eigenvalue weighted by Gasteiger charge is -2.10. The molecule has 0 bridgehead atoms. The van der Waals surface area contributed by atoms with Gasteiger partial charge in [0.15, 0.2) is 12.4 Å². The van der Waals surface area contributed by atoms with Crippen molar-refractivity contribution in [2.75, 3.05) is 6.61 Å². The Hall–Kier alpha value is -1.80. The number of hydrogen-bond acceptors (Lipinski definition) is 2. The summed E-state index contributed by atoms with van der Waals surface area (Å²) in [6, 6.07) is 11.2. The first-order chi connectivity index (χ1) is 9.49. The second-order valence-electron chi connectivity index (χ2n) is 4.90. The van der Waals surface area contributed by atoms with E-state index in [1.807, 2.05) is 57.2 Å². The molecular weight excluding hydrogens is 272 g/mol. The zero-order valence-electron chi connectivity index (χ0n) is 11.9. The highest BCUT2D eigenvalue weighted by Gasteiger charge is 2.10. The lowest BCUT2D eigenvalue weighted by atomic mass is 10.1. The molecule has 2 aromatic carbocycles. The second kappa shape index (κ2) is 6.10. The van der Waals surface area contributed by atoms with Gasteiger partial charge in [0.25, 0.3) is 0 Å². The van der Waals surface area contributed by atoms with Gasteiger partial charge in [-0.1, -0.05) is 35.9 Å². The Kier molecular flexibility index (Phi) is 4.46. The van der Waals surface area contributed by atoms with Crippen LogP contribution in [0.2, 0.25) is 5.02 Å². The van der Waals surface area contributed by atoms with Gasteiger partial charge in [0, 0.05) is 10.6 Å². The lowest BCUT2D eigenvalue weighted by molar-refractivity contribution is 0.0921. The highest BCUT2D eigenvalue weighted by atomic mass is 35.5. The number of carbonyl (C=O) groups excluding carboxylic acids is 1. The minimum Gasteiger partial charge on any atom is -0.485 e. The fraction of sp³-hybridized carbons (Fsp3) is 0.235. The Bertz CT molecular complexity index is 624. The Morgan fingerprint density at radius 2 is 1.65 bits per heavy atom. The summed E-state index contributed by atoms with van der Waals surface area (Å²) >= 11 is 6.11. The van der Waals surface area contributed by atoms with Gasteiger partial charge in [-0.25, -0.2) is 0 Å². The van der Waals surface area contributed by atoms with Crippen molar-refractivity contribution in [1.29, 1.82) is 0 Å². The normalized spacial score (nSPS) is 10.4. The van der Waals surface area contributed by atoms with Crippen LogP contribution in [0, 0.1) is 20.8 Å². The molecule has 0 aliphatic rings. The zero-order chi connectivity index (χ0) is 14.7. The fourth-order valence-corrected chi connectivity index (χ4v) is 2.21. The van der Waals surface area contributed by atoms with E-state index in [9.17, 15) is 4.79 Å². The third kappa shape index (κ3) is 3.20. The number of rotatable bonds is 4. The maximum atomic E-state index is 12.1. The predicted octanol–water partition coefficient (Wildman–Crippen LogP) is 4.53. The van der Waals surface area contributed by atoms with Gasteiger partial charge in [-0.3, -0.25) is 4.79 Å². The minimum absolute atomic E-state index is 0.0200. The highest BCUT2D eigenvalue weighted by Crippen LogP contribution is 2.26. The Balaban J connectivity index is 2.10. The van der Waals surface area contributed by atoms with E-state index in [0.29, 0.717) is 11.3 Å². The van der Waals surface area contributed by atoms with E-state index in [1.54, 1.807) is 0 Å². The fourth-order valence-electron chi connectivity index (χ4n) is 2.10. The quantitative estimate of drug-likeness (QED) is 0.773. The average Bonchev–Trinajstić information content (AvgIpc) is 2.42. The summed E-state index contributed by atoms with van der Waals surface area (Å²) in [6.45, 7) is 5.80. The van der Waals surface area contributed by atoms with Gasteiger partial charge in [-0.2, -0.15) is 0 Å². The van der Waals surface area contributed by atoms with Crippen LogP contribution in [0.3, 0.4) is 0 Å². The maximum absolute atomic E-state index is 12.1. The molecule has 0 aliphatic heterocycles. The summed E-state index contributed by atoms with van der Waals surface area (Å²) in [6.07, 6.45) is 0. The van der Waals surface area contributed by atoms with Gasteiger partial charge >= 0.3 is 0 Å². The molecule has 0 radical (unpaired) electrons. The molecule has 0 unspecified atom stereocenters. The van der Waals surface area contributed by atoms with E-state index in [0.717, 1.165) is 21.7 Å². The van der Waals surface area contributed by atoms with Crippen LogP contribution in [0.1, 0.15) is 27.0 Å². The van der Waals surface area contributed by atoms with Gasteiger partial charge in [0.1, 0.15) is 5.75 Å². The molecule has 0 aromatic heterocycles.